The van der Waals surface area contributed by atoms with Crippen molar-refractivity contribution in [2.24, 2.45) is 0 Å². The summed E-state index contributed by atoms with van der Waals surface area (Å²) in [4.78, 5) is 8.92. The van der Waals surface area contributed by atoms with E-state index in [2.05, 4.69) is 16.0 Å². The van der Waals surface area contributed by atoms with Crippen molar-refractivity contribution in [1.82, 2.24) is 14.5 Å². The van der Waals surface area contributed by atoms with Crippen LogP contribution in [0.25, 0.3) is 21.5 Å². The van der Waals surface area contributed by atoms with Crippen LogP contribution in [0.2, 0.25) is 0 Å². The highest BCUT2D eigenvalue weighted by Crippen LogP contribution is 2.34. The van der Waals surface area contributed by atoms with Crippen molar-refractivity contribution in [1.29, 1.82) is 5.26 Å². The fourth-order valence-corrected chi connectivity index (χ4v) is 4.86. The number of aliphatic hydroxyl groups excluding tert-OH is 1. The lowest BCUT2D eigenvalue weighted by Crippen LogP contribution is -2.06. The maximum atomic E-state index is 10.8. The first-order chi connectivity index (χ1) is 14.6. The molecule has 2 heterocycles. The summed E-state index contributed by atoms with van der Waals surface area (Å²) in [5.41, 5.74) is 1.90. The number of hydrogen-bond acceptors (Lipinski definition) is 7. The Kier molecular flexibility index (Phi) is 5.74. The third-order valence-corrected chi connectivity index (χ3v) is 6.62. The Bertz CT molecular complexity index is 1240. The number of rotatable bonds is 6. The third-order valence-electron chi connectivity index (χ3n) is 4.48. The van der Waals surface area contributed by atoms with Gasteiger partial charge in [-0.15, -0.1) is 11.3 Å². The molecule has 0 radical (unpaired) electrons. The standard InChI is InChI=1S/C22H18N4O2S2/c1-14(20(27)17(13-23)21-25-18-8-3-4-9-19(18)30-21)29-22-24-10-11-26(22)15-6-5-7-16(12-15)28-2/h3-12,14,27H,1-2H3/b20-17-. The molecule has 2 aromatic heterocycles. The van der Waals surface area contributed by atoms with Gasteiger partial charge in [-0.05, 0) is 31.2 Å². The number of allylic oxidation sites excluding steroid dienone is 1. The number of para-hydroxylation sites is 1. The van der Waals surface area contributed by atoms with Crippen molar-refractivity contribution >= 4 is 38.9 Å². The predicted molar refractivity (Wildman–Crippen MR) is 120 cm³/mol. The summed E-state index contributed by atoms with van der Waals surface area (Å²) in [5.74, 6) is 0.734. The van der Waals surface area contributed by atoms with Crippen molar-refractivity contribution in [2.45, 2.75) is 17.3 Å². The molecule has 2 aromatic carbocycles. The Hall–Kier alpha value is -3.28. The number of nitrogens with zero attached hydrogens (tertiary/aromatic N) is 4. The number of imidazole rings is 1. The van der Waals surface area contributed by atoms with Crippen LogP contribution in [-0.2, 0) is 0 Å². The summed E-state index contributed by atoms with van der Waals surface area (Å²) >= 11 is 2.76. The first-order valence-electron chi connectivity index (χ1n) is 9.14. The van der Waals surface area contributed by atoms with Crippen LogP contribution in [-0.4, -0.2) is 32.0 Å². The Labute approximate surface area is 182 Å². The van der Waals surface area contributed by atoms with Gasteiger partial charge in [0.1, 0.15) is 28.2 Å². The number of methoxy groups -OCH3 is 1. The second kappa shape index (κ2) is 8.61. The Morgan fingerprint density at radius 2 is 2.10 bits per heavy atom. The summed E-state index contributed by atoms with van der Waals surface area (Å²) in [7, 11) is 1.62. The fourth-order valence-electron chi connectivity index (χ4n) is 2.94. The van der Waals surface area contributed by atoms with Crippen LogP contribution in [0.1, 0.15) is 11.9 Å². The molecule has 8 heteroatoms. The van der Waals surface area contributed by atoms with Crippen molar-refractivity contribution in [3.05, 3.63) is 71.7 Å². The number of fused-ring (bicyclic) bond motifs is 1. The lowest BCUT2D eigenvalue weighted by atomic mass is 10.2. The van der Waals surface area contributed by atoms with Gasteiger partial charge in [-0.25, -0.2) is 9.97 Å². The maximum Gasteiger partial charge on any atom is 0.173 e. The molecular formula is C22H18N4O2S2. The molecule has 1 N–H and O–H groups in total. The quantitative estimate of drug-likeness (QED) is 0.246. The zero-order valence-electron chi connectivity index (χ0n) is 16.3. The minimum Gasteiger partial charge on any atom is -0.510 e. The smallest absolute Gasteiger partial charge is 0.173 e. The highest BCUT2D eigenvalue weighted by atomic mass is 32.2. The number of ether oxygens (including phenoxy) is 1. The zero-order valence-corrected chi connectivity index (χ0v) is 17.9. The molecule has 4 rings (SSSR count). The molecule has 6 nitrogen and oxygen atoms in total. The number of nitriles is 1. The van der Waals surface area contributed by atoms with Gasteiger partial charge in [-0.2, -0.15) is 5.26 Å². The minimum atomic E-state index is -0.390. The average molecular weight is 435 g/mol. The maximum absolute atomic E-state index is 10.8. The highest BCUT2D eigenvalue weighted by molar-refractivity contribution is 8.00. The van der Waals surface area contributed by atoms with Gasteiger partial charge in [0, 0.05) is 18.5 Å². The third kappa shape index (κ3) is 3.90. The number of aliphatic hydroxyl groups is 1. The first kappa shape index (κ1) is 20.0. The van der Waals surface area contributed by atoms with Crippen molar-refractivity contribution in [2.75, 3.05) is 7.11 Å². The van der Waals surface area contributed by atoms with Gasteiger partial charge in [0.05, 0.1) is 28.3 Å². The van der Waals surface area contributed by atoms with Crippen LogP contribution >= 0.6 is 23.1 Å². The second-order valence-corrected chi connectivity index (χ2v) is 8.74. The van der Waals surface area contributed by atoms with Gasteiger partial charge in [0.2, 0.25) is 0 Å². The van der Waals surface area contributed by atoms with Crippen LogP contribution in [0.3, 0.4) is 0 Å². The molecule has 0 saturated heterocycles. The Balaban J connectivity index is 1.64. The van der Waals surface area contributed by atoms with Gasteiger partial charge in [-0.3, -0.25) is 4.57 Å². The SMILES string of the molecule is COc1cccc(-n2ccnc2SC(C)/C(O)=C(\C#N)c2nc3ccccc3s2)c1. The average Bonchev–Trinajstić information content (AvgIpc) is 3.41. The normalized spacial score (nSPS) is 13.0. The first-order valence-corrected chi connectivity index (χ1v) is 10.8. The Morgan fingerprint density at radius 3 is 2.87 bits per heavy atom. The van der Waals surface area contributed by atoms with E-state index >= 15 is 0 Å². The number of thioether (sulfide) groups is 1. The number of aromatic nitrogens is 3. The molecule has 1 atom stereocenters. The summed E-state index contributed by atoms with van der Waals surface area (Å²) in [6.07, 6.45) is 3.55. The number of hydrogen-bond donors (Lipinski definition) is 1. The van der Waals surface area contributed by atoms with Gasteiger partial charge in [0.25, 0.3) is 0 Å². The van der Waals surface area contributed by atoms with Crippen molar-refractivity contribution < 1.29 is 9.84 Å². The molecule has 0 aliphatic carbocycles. The monoisotopic (exact) mass is 434 g/mol. The fraction of sp³-hybridized carbons (Fsp3) is 0.136. The van der Waals surface area contributed by atoms with Gasteiger partial charge in [0.15, 0.2) is 5.16 Å². The highest BCUT2D eigenvalue weighted by Gasteiger charge is 2.21. The van der Waals surface area contributed by atoms with Crippen molar-refractivity contribution in [3.63, 3.8) is 0 Å². The lowest BCUT2D eigenvalue weighted by Gasteiger charge is -2.13. The molecule has 4 aromatic rings. The van der Waals surface area contributed by atoms with E-state index < -0.39 is 5.25 Å². The molecule has 0 saturated carbocycles. The second-order valence-electron chi connectivity index (χ2n) is 6.40. The molecule has 0 spiro atoms. The van der Waals surface area contributed by atoms with Crippen LogP contribution in [0.4, 0.5) is 0 Å². The van der Waals surface area contributed by atoms with Crippen molar-refractivity contribution in [3.8, 4) is 17.5 Å². The summed E-state index contributed by atoms with van der Waals surface area (Å²) in [5, 5.41) is 21.4. The van der Waals surface area contributed by atoms with Gasteiger partial charge < -0.3 is 9.84 Å². The molecule has 0 aliphatic heterocycles. The van der Waals surface area contributed by atoms with E-state index in [0.717, 1.165) is 21.7 Å². The summed E-state index contributed by atoms with van der Waals surface area (Å²) < 4.78 is 8.19. The van der Waals surface area contributed by atoms with E-state index in [1.807, 2.05) is 66.2 Å². The molecular weight excluding hydrogens is 416 g/mol. The molecule has 30 heavy (non-hydrogen) atoms. The molecule has 0 fully saturated rings. The molecule has 0 amide bonds. The Morgan fingerprint density at radius 1 is 1.27 bits per heavy atom. The van der Waals surface area contributed by atoms with Gasteiger partial charge >= 0.3 is 0 Å². The predicted octanol–water partition coefficient (Wildman–Crippen LogP) is 5.46. The van der Waals surface area contributed by atoms with E-state index in [1.165, 1.54) is 23.1 Å². The number of thiazole rings is 1. The van der Waals surface area contributed by atoms with E-state index in [0.29, 0.717) is 10.2 Å². The number of benzene rings is 2. The van der Waals surface area contributed by atoms with Crippen LogP contribution in [0, 0.1) is 11.3 Å². The molecule has 0 aliphatic rings. The summed E-state index contributed by atoms with van der Waals surface area (Å²) in [6.45, 7) is 1.84. The van der Waals surface area contributed by atoms with E-state index in [1.54, 1.807) is 13.3 Å². The van der Waals surface area contributed by atoms with E-state index in [9.17, 15) is 10.4 Å². The molecule has 1 unspecified atom stereocenters. The van der Waals surface area contributed by atoms with Crippen LogP contribution in [0.15, 0.2) is 71.8 Å². The molecule has 150 valence electrons. The molecule has 0 bridgehead atoms. The largest absolute Gasteiger partial charge is 0.510 e. The zero-order chi connectivity index (χ0) is 21.1. The summed E-state index contributed by atoms with van der Waals surface area (Å²) in [6, 6.07) is 17.4. The van der Waals surface area contributed by atoms with Crippen LogP contribution in [0.5, 0.6) is 5.75 Å². The van der Waals surface area contributed by atoms with E-state index in [-0.39, 0.29) is 11.3 Å². The minimum absolute atomic E-state index is 0.0123. The van der Waals surface area contributed by atoms with Crippen LogP contribution < -0.4 is 4.74 Å². The topological polar surface area (TPSA) is 84.0 Å². The lowest BCUT2D eigenvalue weighted by molar-refractivity contribution is 0.402. The van der Waals surface area contributed by atoms with E-state index in [4.69, 9.17) is 4.74 Å². The van der Waals surface area contributed by atoms with Gasteiger partial charge in [-0.1, -0.05) is 30.0 Å².